The summed E-state index contributed by atoms with van der Waals surface area (Å²) in [5, 5.41) is 60.5. The summed E-state index contributed by atoms with van der Waals surface area (Å²) in [6.45, 7) is 9.65. The normalized spacial score (nSPS) is 18.7. The zero-order valence-electron chi connectivity index (χ0n) is 35.1. The van der Waals surface area contributed by atoms with Gasteiger partial charge < -0.3 is 35.6 Å². The van der Waals surface area contributed by atoms with Gasteiger partial charge in [-0.15, -0.1) is 21.5 Å². The zero-order valence-corrected chi connectivity index (χ0v) is 35.9. The maximum absolute atomic E-state index is 14.0. The van der Waals surface area contributed by atoms with Crippen LogP contribution >= 0.6 is 11.3 Å². The number of phenolic OH excluding ortho intramolecular Hbond substituents is 1. The average molecular weight is 851 g/mol. The standard InChI is InChI=1S/C44H54N10O6S/c1-25(2)39(44(59)53-23-31(55)20-35(53)43(58)48-26(3)28-10-12-29(13-11-28)41-27(4)47-24-61-41)37(57)22-38(45)60-19-18-52-16-14-30(15-17-52)54-34-21-33(32-8-6-7-9-36(32)56)49-50-40(34)42(46-5)51-54/h6-13,21-22,24-26,30-31,35,39,45,55-57H,14-20,23H2,1-5H3,(H,46,51)(H,48,58)/b37-22-,45-38?/t26-,31+,35-,39?/m0/s1. The Hall–Kier alpha value is -5.91. The van der Waals surface area contributed by atoms with Crippen LogP contribution in [0.2, 0.25) is 0 Å². The molecular formula is C44H54N10O6S. The number of likely N-dealkylation sites (tertiary alicyclic amines) is 2. The second-order valence-electron chi connectivity index (χ2n) is 16.1. The number of β-amino-alcohol motifs (C(OH)–C–C–N with tert-alkyl or cyclic N) is 1. The molecule has 2 aromatic carbocycles. The molecule has 2 fully saturated rings. The highest BCUT2D eigenvalue weighted by Gasteiger charge is 2.43. The summed E-state index contributed by atoms with van der Waals surface area (Å²) in [6, 6.07) is 15.7. The molecule has 0 bridgehead atoms. The van der Waals surface area contributed by atoms with Crippen LogP contribution in [-0.4, -0.2) is 120 Å². The first kappa shape index (κ1) is 43.2. The van der Waals surface area contributed by atoms with Gasteiger partial charge in [-0.3, -0.25) is 24.6 Å². The van der Waals surface area contributed by atoms with Crippen LogP contribution in [0.4, 0.5) is 5.82 Å². The fourth-order valence-electron chi connectivity index (χ4n) is 8.27. The molecule has 2 aliphatic rings. The molecule has 1 unspecified atom stereocenters. The highest BCUT2D eigenvalue weighted by molar-refractivity contribution is 7.13. The number of para-hydroxylation sites is 1. The van der Waals surface area contributed by atoms with Crippen molar-refractivity contribution in [1.82, 2.24) is 40.1 Å². The van der Waals surface area contributed by atoms with Gasteiger partial charge in [-0.1, -0.05) is 50.2 Å². The van der Waals surface area contributed by atoms with Crippen molar-refractivity contribution in [2.45, 2.75) is 71.2 Å². The van der Waals surface area contributed by atoms with Crippen molar-refractivity contribution < 1.29 is 29.6 Å². The van der Waals surface area contributed by atoms with Crippen LogP contribution in [0.25, 0.3) is 32.7 Å². The van der Waals surface area contributed by atoms with E-state index in [9.17, 15) is 24.9 Å². The van der Waals surface area contributed by atoms with Crippen LogP contribution in [-0.2, 0) is 14.3 Å². The molecule has 6 N–H and O–H groups in total. The number of nitrogens with one attached hydrogen (secondary N) is 3. The number of nitrogens with zero attached hydrogens (tertiary/aromatic N) is 7. The molecule has 7 rings (SSSR count). The van der Waals surface area contributed by atoms with Crippen molar-refractivity contribution in [1.29, 1.82) is 5.41 Å². The summed E-state index contributed by atoms with van der Waals surface area (Å²) in [5.41, 5.74) is 7.34. The Kier molecular flexibility index (Phi) is 13.3. The molecule has 61 heavy (non-hydrogen) atoms. The van der Waals surface area contributed by atoms with Crippen LogP contribution < -0.4 is 10.6 Å². The Morgan fingerprint density at radius 2 is 1.82 bits per heavy atom. The van der Waals surface area contributed by atoms with E-state index in [2.05, 4.69) is 30.7 Å². The quantitative estimate of drug-likeness (QED) is 0.0441. The van der Waals surface area contributed by atoms with E-state index in [1.54, 1.807) is 50.4 Å². The second-order valence-corrected chi connectivity index (χ2v) is 17.0. The molecule has 3 aromatic heterocycles. The highest BCUT2D eigenvalue weighted by atomic mass is 32.1. The predicted octanol–water partition coefficient (Wildman–Crippen LogP) is 5.86. The summed E-state index contributed by atoms with van der Waals surface area (Å²) < 4.78 is 7.70. The van der Waals surface area contributed by atoms with Gasteiger partial charge >= 0.3 is 0 Å². The topological polar surface area (TPSA) is 215 Å². The largest absolute Gasteiger partial charge is 0.511 e. The number of aromatic nitrogens is 5. The molecule has 0 saturated carbocycles. The van der Waals surface area contributed by atoms with E-state index in [0.29, 0.717) is 29.1 Å². The number of carbonyl (C=O) groups excluding carboxylic acids is 2. The number of ether oxygens (including phenoxy) is 1. The number of fused-ring (bicyclic) bond motifs is 1. The number of anilines is 1. The van der Waals surface area contributed by atoms with Gasteiger partial charge in [0.1, 0.15) is 24.2 Å². The Morgan fingerprint density at radius 3 is 2.49 bits per heavy atom. The number of piperidine rings is 1. The number of amides is 2. The van der Waals surface area contributed by atoms with E-state index in [0.717, 1.165) is 59.2 Å². The van der Waals surface area contributed by atoms with E-state index in [1.165, 1.54) is 4.90 Å². The van der Waals surface area contributed by atoms with Gasteiger partial charge in [0.05, 0.1) is 51.4 Å². The summed E-state index contributed by atoms with van der Waals surface area (Å²) >= 11 is 1.57. The third-order valence-corrected chi connectivity index (χ3v) is 12.6. The van der Waals surface area contributed by atoms with Gasteiger partial charge in [0.2, 0.25) is 17.7 Å². The number of aliphatic hydroxyl groups is 2. The number of aliphatic hydroxyl groups excluding tert-OH is 2. The smallest absolute Gasteiger partial charge is 0.243 e. The summed E-state index contributed by atoms with van der Waals surface area (Å²) in [5.74, 6) is -2.17. The van der Waals surface area contributed by atoms with Gasteiger partial charge in [0.25, 0.3) is 0 Å². The summed E-state index contributed by atoms with van der Waals surface area (Å²) in [6.07, 6.45) is 1.96. The predicted molar refractivity (Wildman–Crippen MR) is 234 cm³/mol. The fourth-order valence-corrected chi connectivity index (χ4v) is 9.09. The number of benzene rings is 2. The van der Waals surface area contributed by atoms with E-state index < -0.39 is 24.0 Å². The lowest BCUT2D eigenvalue weighted by Crippen LogP contribution is -2.49. The lowest BCUT2D eigenvalue weighted by Gasteiger charge is -2.32. The van der Waals surface area contributed by atoms with E-state index in [-0.39, 0.29) is 60.9 Å². The second kappa shape index (κ2) is 18.8. The first-order valence-electron chi connectivity index (χ1n) is 20.7. The molecule has 2 saturated heterocycles. The minimum atomic E-state index is -1.05. The van der Waals surface area contributed by atoms with Crippen molar-refractivity contribution in [3.63, 3.8) is 0 Å². The number of aryl methyl sites for hydroxylation is 1. The minimum Gasteiger partial charge on any atom is -0.511 e. The molecule has 16 nitrogen and oxygen atoms in total. The van der Waals surface area contributed by atoms with Gasteiger partial charge in [-0.25, -0.2) is 4.98 Å². The average Bonchev–Trinajstić information content (AvgIpc) is 3.97. The number of rotatable bonds is 14. The van der Waals surface area contributed by atoms with E-state index in [4.69, 9.17) is 15.2 Å². The van der Waals surface area contributed by atoms with Crippen molar-refractivity contribution in [2.75, 3.05) is 45.2 Å². The Bertz CT molecular complexity index is 2390. The molecule has 4 atom stereocenters. The Morgan fingerprint density at radius 1 is 1.08 bits per heavy atom. The van der Waals surface area contributed by atoms with Gasteiger partial charge in [-0.05, 0) is 61.9 Å². The van der Waals surface area contributed by atoms with E-state index >= 15 is 0 Å². The maximum Gasteiger partial charge on any atom is 0.243 e. The molecule has 0 spiro atoms. The van der Waals surface area contributed by atoms with Crippen molar-refractivity contribution in [3.8, 4) is 27.4 Å². The minimum absolute atomic E-state index is 0.0456. The van der Waals surface area contributed by atoms with Crippen LogP contribution in [0.5, 0.6) is 5.75 Å². The highest BCUT2D eigenvalue weighted by Crippen LogP contribution is 2.34. The number of phenols is 1. The van der Waals surface area contributed by atoms with Crippen LogP contribution in [0.1, 0.15) is 63.4 Å². The first-order valence-corrected chi connectivity index (χ1v) is 21.6. The molecule has 0 aliphatic carbocycles. The number of hydrogen-bond donors (Lipinski definition) is 6. The SMILES string of the molecule is CNc1nn(C2CCN(CCOC(=N)/C=C(\O)C(C(=O)N3C[C@H](O)C[C@H]3C(=O)N[C@@H](C)c3ccc(-c4scnc4C)cc3)C(C)C)CC2)c2cc(-c3ccccc3O)nnc12. The molecule has 2 aliphatic heterocycles. The number of carbonyl (C=O) groups is 2. The number of hydrogen-bond acceptors (Lipinski definition) is 14. The van der Waals surface area contributed by atoms with Crippen LogP contribution in [0, 0.1) is 24.2 Å². The van der Waals surface area contributed by atoms with Crippen molar-refractivity contribution in [2.24, 2.45) is 11.8 Å². The van der Waals surface area contributed by atoms with Crippen LogP contribution in [0.15, 0.2) is 71.9 Å². The summed E-state index contributed by atoms with van der Waals surface area (Å²) in [7, 11) is 1.80. The molecule has 5 heterocycles. The third-order valence-electron chi connectivity index (χ3n) is 11.6. The lowest BCUT2D eigenvalue weighted by molar-refractivity contribution is -0.142. The molecule has 5 aromatic rings. The molecule has 17 heteroatoms. The number of aromatic hydroxyl groups is 1. The van der Waals surface area contributed by atoms with Gasteiger partial charge in [0.15, 0.2) is 11.3 Å². The summed E-state index contributed by atoms with van der Waals surface area (Å²) in [4.78, 5) is 36.7. The van der Waals surface area contributed by atoms with E-state index in [1.807, 2.05) is 60.4 Å². The van der Waals surface area contributed by atoms with Gasteiger partial charge in [0, 0.05) is 51.3 Å². The lowest BCUT2D eigenvalue weighted by atomic mass is 9.91. The number of thiazole rings is 1. The first-order chi connectivity index (χ1) is 29.3. The van der Waals surface area contributed by atoms with Gasteiger partial charge in [-0.2, -0.15) is 5.10 Å². The third kappa shape index (κ3) is 9.53. The van der Waals surface area contributed by atoms with Crippen molar-refractivity contribution in [3.05, 3.63) is 83.2 Å². The molecule has 322 valence electrons. The Balaban J connectivity index is 0.919. The Labute approximate surface area is 358 Å². The zero-order chi connectivity index (χ0) is 43.4. The molecule has 2 amide bonds. The maximum atomic E-state index is 14.0. The van der Waals surface area contributed by atoms with Crippen LogP contribution in [0.3, 0.4) is 0 Å². The van der Waals surface area contributed by atoms with Crippen molar-refractivity contribution >= 4 is 45.9 Å². The molecular weight excluding hydrogens is 797 g/mol. The molecule has 0 radical (unpaired) electrons. The monoisotopic (exact) mass is 850 g/mol. The fraction of sp³-hybridized carbons (Fsp3) is 0.432.